The molecule has 1 aromatic carbocycles. The zero-order chi connectivity index (χ0) is 17.4. The van der Waals surface area contributed by atoms with Crippen molar-refractivity contribution in [3.63, 3.8) is 0 Å². The molecule has 0 N–H and O–H groups in total. The molecule has 24 heavy (non-hydrogen) atoms. The third kappa shape index (κ3) is 2.51. The van der Waals surface area contributed by atoms with E-state index in [0.29, 0.717) is 5.75 Å². The van der Waals surface area contributed by atoms with Gasteiger partial charge in [-0.1, -0.05) is 18.2 Å². The average Bonchev–Trinajstić information content (AvgIpc) is 2.96. The number of aromatic nitrogens is 4. The van der Waals surface area contributed by atoms with E-state index in [0.717, 1.165) is 10.1 Å². The Labute approximate surface area is 136 Å². The van der Waals surface area contributed by atoms with Crippen LogP contribution in [0.3, 0.4) is 0 Å². The van der Waals surface area contributed by atoms with Crippen LogP contribution in [0.4, 0.5) is 0 Å². The van der Waals surface area contributed by atoms with Gasteiger partial charge in [-0.2, -0.15) is 0 Å². The third-order valence-electron chi connectivity index (χ3n) is 3.83. The first-order valence-electron chi connectivity index (χ1n) is 7.27. The van der Waals surface area contributed by atoms with Gasteiger partial charge in [-0.05, 0) is 18.6 Å². The first-order chi connectivity index (χ1) is 11.4. The highest BCUT2D eigenvalue weighted by atomic mass is 16.5. The molecule has 0 spiro atoms. The Hall–Kier alpha value is -3.16. The molecule has 0 bridgehead atoms. The zero-order valence-electron chi connectivity index (χ0n) is 13.5. The van der Waals surface area contributed by atoms with Gasteiger partial charge >= 0.3 is 11.7 Å². The number of carbonyl (C=O) groups excluding carboxylic acids is 1. The van der Waals surface area contributed by atoms with Gasteiger partial charge in [0.2, 0.25) is 0 Å². The van der Waals surface area contributed by atoms with Crippen molar-refractivity contribution in [2.24, 2.45) is 14.1 Å². The lowest BCUT2D eigenvalue weighted by molar-refractivity contribution is -0.135. The first-order valence-corrected chi connectivity index (χ1v) is 7.27. The Morgan fingerprint density at radius 1 is 1.17 bits per heavy atom. The summed E-state index contributed by atoms with van der Waals surface area (Å²) in [7, 11) is 2.90. The minimum Gasteiger partial charge on any atom is -0.425 e. The maximum Gasteiger partial charge on any atom is 0.332 e. The third-order valence-corrected chi connectivity index (χ3v) is 3.83. The molecule has 0 aliphatic carbocycles. The molecule has 8 heteroatoms. The standard InChI is InChI=1S/C16H16N4O4/c1-10-6-4-5-7-11(10)24-12(21)8-20-9-17-14-13(20)15(22)19(3)16(23)18(14)2/h4-7,9H,8H2,1-3H3. The highest BCUT2D eigenvalue weighted by molar-refractivity contribution is 5.76. The van der Waals surface area contributed by atoms with E-state index in [4.69, 9.17) is 4.74 Å². The molecule has 0 aliphatic rings. The van der Waals surface area contributed by atoms with Crippen LogP contribution in [0.15, 0.2) is 40.2 Å². The quantitative estimate of drug-likeness (QED) is 0.511. The molecule has 0 saturated heterocycles. The first kappa shape index (κ1) is 15.7. The van der Waals surface area contributed by atoms with Gasteiger partial charge in [0, 0.05) is 14.1 Å². The molecule has 0 fully saturated rings. The number of benzene rings is 1. The van der Waals surface area contributed by atoms with E-state index < -0.39 is 17.2 Å². The fourth-order valence-corrected chi connectivity index (χ4v) is 2.48. The van der Waals surface area contributed by atoms with Crippen molar-refractivity contribution in [2.75, 3.05) is 0 Å². The van der Waals surface area contributed by atoms with Crippen molar-refractivity contribution in [3.8, 4) is 5.75 Å². The van der Waals surface area contributed by atoms with E-state index in [1.165, 1.54) is 29.6 Å². The molecule has 0 saturated carbocycles. The van der Waals surface area contributed by atoms with Gasteiger partial charge in [-0.3, -0.25) is 13.9 Å². The largest absolute Gasteiger partial charge is 0.425 e. The number of aryl methyl sites for hydroxylation is 2. The minimum absolute atomic E-state index is 0.182. The maximum atomic E-state index is 12.3. The molecule has 0 unspecified atom stereocenters. The molecule has 0 atom stereocenters. The Balaban J connectivity index is 1.97. The molecular weight excluding hydrogens is 312 g/mol. The summed E-state index contributed by atoms with van der Waals surface area (Å²) in [6.07, 6.45) is 1.35. The SMILES string of the molecule is Cc1ccccc1OC(=O)Cn1cnc2c1c(=O)n(C)c(=O)n2C. The summed E-state index contributed by atoms with van der Waals surface area (Å²) >= 11 is 0. The van der Waals surface area contributed by atoms with Crippen LogP contribution in [0.25, 0.3) is 11.2 Å². The average molecular weight is 328 g/mol. The molecule has 2 aromatic heterocycles. The minimum atomic E-state index is -0.528. The summed E-state index contributed by atoms with van der Waals surface area (Å²) in [4.78, 5) is 40.5. The normalized spacial score (nSPS) is 11.0. The number of nitrogens with zero attached hydrogens (tertiary/aromatic N) is 4. The van der Waals surface area contributed by atoms with Crippen molar-refractivity contribution in [2.45, 2.75) is 13.5 Å². The van der Waals surface area contributed by atoms with Gasteiger partial charge in [0.05, 0.1) is 6.33 Å². The van der Waals surface area contributed by atoms with E-state index in [1.54, 1.807) is 12.1 Å². The summed E-state index contributed by atoms with van der Waals surface area (Å²) in [6.45, 7) is 1.65. The van der Waals surface area contributed by atoms with E-state index in [-0.39, 0.29) is 17.7 Å². The molecule has 124 valence electrons. The van der Waals surface area contributed by atoms with Crippen molar-refractivity contribution >= 4 is 17.1 Å². The van der Waals surface area contributed by atoms with Gasteiger partial charge < -0.3 is 9.30 Å². The van der Waals surface area contributed by atoms with E-state index in [9.17, 15) is 14.4 Å². The molecule has 3 aromatic rings. The van der Waals surface area contributed by atoms with Crippen LogP contribution in [-0.2, 0) is 25.4 Å². The number of imidazole rings is 1. The number of esters is 1. The molecule has 8 nitrogen and oxygen atoms in total. The summed E-state index contributed by atoms with van der Waals surface area (Å²) in [5, 5.41) is 0. The summed E-state index contributed by atoms with van der Waals surface area (Å²) in [5.74, 6) is -0.0632. The zero-order valence-corrected chi connectivity index (χ0v) is 13.5. The number of rotatable bonds is 3. The van der Waals surface area contributed by atoms with Crippen molar-refractivity contribution in [1.29, 1.82) is 0 Å². The van der Waals surface area contributed by atoms with Crippen LogP contribution in [0.1, 0.15) is 5.56 Å². The predicted molar refractivity (Wildman–Crippen MR) is 87.0 cm³/mol. The second-order valence-electron chi connectivity index (χ2n) is 5.49. The smallest absolute Gasteiger partial charge is 0.332 e. The molecule has 0 aliphatic heterocycles. The van der Waals surface area contributed by atoms with Gasteiger partial charge in [0.1, 0.15) is 12.3 Å². The monoisotopic (exact) mass is 328 g/mol. The number of fused-ring (bicyclic) bond motifs is 1. The Morgan fingerprint density at radius 2 is 1.88 bits per heavy atom. The van der Waals surface area contributed by atoms with E-state index in [1.807, 2.05) is 19.1 Å². The van der Waals surface area contributed by atoms with Crippen molar-refractivity contribution < 1.29 is 9.53 Å². The van der Waals surface area contributed by atoms with Crippen LogP contribution < -0.4 is 16.0 Å². The van der Waals surface area contributed by atoms with Crippen molar-refractivity contribution in [1.82, 2.24) is 18.7 Å². The summed E-state index contributed by atoms with van der Waals surface area (Å²) in [5.41, 5.74) is 0.266. The van der Waals surface area contributed by atoms with Gasteiger partial charge in [0.15, 0.2) is 11.2 Å². The maximum absolute atomic E-state index is 12.3. The lowest BCUT2D eigenvalue weighted by Gasteiger charge is -2.08. The van der Waals surface area contributed by atoms with Gasteiger partial charge in [-0.15, -0.1) is 0 Å². The topological polar surface area (TPSA) is 88.1 Å². The number of hydrogen-bond donors (Lipinski definition) is 0. The van der Waals surface area contributed by atoms with Crippen LogP contribution in [0.2, 0.25) is 0 Å². The molecular formula is C16H16N4O4. The molecule has 2 heterocycles. The molecule has 3 rings (SSSR count). The fraction of sp³-hybridized carbons (Fsp3) is 0.250. The number of carbonyl (C=O) groups is 1. The van der Waals surface area contributed by atoms with Crippen LogP contribution in [-0.4, -0.2) is 24.7 Å². The van der Waals surface area contributed by atoms with E-state index >= 15 is 0 Å². The van der Waals surface area contributed by atoms with Crippen LogP contribution in [0.5, 0.6) is 5.75 Å². The second-order valence-corrected chi connectivity index (χ2v) is 5.49. The van der Waals surface area contributed by atoms with Gasteiger partial charge in [0.25, 0.3) is 5.56 Å². The highest BCUT2D eigenvalue weighted by Gasteiger charge is 2.17. The van der Waals surface area contributed by atoms with Crippen LogP contribution in [0, 0.1) is 6.92 Å². The Morgan fingerprint density at radius 3 is 2.58 bits per heavy atom. The molecule has 0 amide bonds. The Kier molecular flexibility index (Phi) is 3.80. The van der Waals surface area contributed by atoms with Crippen LogP contribution >= 0.6 is 0 Å². The van der Waals surface area contributed by atoms with Crippen molar-refractivity contribution in [3.05, 3.63) is 57.0 Å². The number of hydrogen-bond acceptors (Lipinski definition) is 5. The predicted octanol–water partition coefficient (Wildman–Crippen LogP) is 0.348. The fourth-order valence-electron chi connectivity index (χ4n) is 2.48. The Bertz CT molecular complexity index is 1060. The van der Waals surface area contributed by atoms with Gasteiger partial charge in [-0.25, -0.2) is 14.6 Å². The second kappa shape index (κ2) is 5.80. The lowest BCUT2D eigenvalue weighted by Crippen LogP contribution is -2.37. The van der Waals surface area contributed by atoms with E-state index in [2.05, 4.69) is 4.98 Å². The summed E-state index contributed by atoms with van der Waals surface area (Å²) < 4.78 is 8.96. The molecule has 0 radical (unpaired) electrons. The summed E-state index contributed by atoms with van der Waals surface area (Å²) in [6, 6.07) is 7.15. The lowest BCUT2D eigenvalue weighted by atomic mass is 10.2. The highest BCUT2D eigenvalue weighted by Crippen LogP contribution is 2.16. The number of ether oxygens (including phenoxy) is 1. The number of para-hydroxylation sites is 1.